The smallest absolute Gasteiger partial charge is 0.312 e. The number of ether oxygens (including phenoxy) is 1. The van der Waals surface area contributed by atoms with E-state index in [4.69, 9.17) is 11.2 Å². The lowest BCUT2D eigenvalue weighted by Crippen LogP contribution is -2.18. The van der Waals surface area contributed by atoms with Crippen molar-refractivity contribution in [2.45, 2.75) is 53.6 Å². The van der Waals surface area contributed by atoms with Crippen molar-refractivity contribution in [1.82, 2.24) is 0 Å². The molecule has 1 aliphatic rings. The normalized spacial score (nSPS) is 23.6. The van der Waals surface area contributed by atoms with E-state index in [1.54, 1.807) is 0 Å². The highest BCUT2D eigenvalue weighted by Gasteiger charge is 2.61. The van der Waals surface area contributed by atoms with E-state index in [0.717, 1.165) is 12.8 Å². The van der Waals surface area contributed by atoms with E-state index in [9.17, 15) is 4.79 Å². The van der Waals surface area contributed by atoms with Crippen LogP contribution in [0, 0.1) is 41.4 Å². The van der Waals surface area contributed by atoms with Gasteiger partial charge in [-0.15, -0.1) is 6.42 Å². The van der Waals surface area contributed by atoms with Crippen LogP contribution in [-0.2, 0) is 9.53 Å². The fourth-order valence-electron chi connectivity index (χ4n) is 2.38. The average molecular weight is 272 g/mol. The Hall–Kier alpha value is -1.67. The molecule has 0 aromatic carbocycles. The summed E-state index contributed by atoms with van der Waals surface area (Å²) in [7, 11) is 0. The van der Waals surface area contributed by atoms with Gasteiger partial charge in [-0.25, -0.2) is 0 Å². The second kappa shape index (κ2) is 6.67. The molecule has 1 aliphatic carbocycles. The molecule has 3 unspecified atom stereocenters. The monoisotopic (exact) mass is 272 g/mol. The molecule has 0 aromatic rings. The van der Waals surface area contributed by atoms with Gasteiger partial charge >= 0.3 is 5.97 Å². The van der Waals surface area contributed by atoms with Gasteiger partial charge in [-0.3, -0.25) is 4.79 Å². The van der Waals surface area contributed by atoms with Gasteiger partial charge in [0, 0.05) is 6.42 Å². The van der Waals surface area contributed by atoms with Crippen LogP contribution in [0.2, 0.25) is 0 Å². The van der Waals surface area contributed by atoms with Crippen molar-refractivity contribution >= 4 is 5.97 Å². The van der Waals surface area contributed by atoms with Crippen LogP contribution in [0.3, 0.4) is 0 Å². The zero-order valence-electron chi connectivity index (χ0n) is 13.1. The topological polar surface area (TPSA) is 26.3 Å². The summed E-state index contributed by atoms with van der Waals surface area (Å²) in [5.41, 5.74) is 1.17. The Morgan fingerprint density at radius 3 is 2.60 bits per heavy atom. The molecule has 20 heavy (non-hydrogen) atoms. The summed E-state index contributed by atoms with van der Waals surface area (Å²) in [6.07, 6.45) is 8.52. The second-order valence-electron chi connectivity index (χ2n) is 6.12. The lowest BCUT2D eigenvalue weighted by molar-refractivity contribution is -0.147. The van der Waals surface area contributed by atoms with Gasteiger partial charge in [-0.1, -0.05) is 38.3 Å². The molecule has 0 N–H and O–H groups in total. The molecule has 0 amide bonds. The number of terminal acetylenes is 1. The molecule has 0 heterocycles. The van der Waals surface area contributed by atoms with Gasteiger partial charge in [-0.05, 0) is 43.4 Å². The number of allylic oxidation sites excluding steroid dienone is 2. The molecule has 0 radical (unpaired) electrons. The highest BCUT2D eigenvalue weighted by atomic mass is 16.5. The maximum absolute atomic E-state index is 12.2. The third-order valence-electron chi connectivity index (χ3n) is 3.67. The van der Waals surface area contributed by atoms with Crippen LogP contribution < -0.4 is 0 Å². The lowest BCUT2D eigenvalue weighted by atomic mass is 10.1. The molecule has 3 atom stereocenters. The number of hydrogen-bond acceptors (Lipinski definition) is 2. The SMILES string of the molecule is C#CC(C#CCCC)OC(=O)C1C(C=C(C)C)C1(C)C. The number of carbonyl (C=O) groups is 1. The maximum Gasteiger partial charge on any atom is 0.312 e. The third-order valence-corrected chi connectivity index (χ3v) is 3.67. The van der Waals surface area contributed by atoms with E-state index in [2.05, 4.69) is 37.7 Å². The quantitative estimate of drug-likeness (QED) is 0.444. The van der Waals surface area contributed by atoms with Crippen molar-refractivity contribution in [3.8, 4) is 24.2 Å². The van der Waals surface area contributed by atoms with E-state index < -0.39 is 6.10 Å². The Balaban J connectivity index is 2.67. The largest absolute Gasteiger partial charge is 0.437 e. The molecule has 2 heteroatoms. The minimum absolute atomic E-state index is 0.0512. The van der Waals surface area contributed by atoms with Gasteiger partial charge in [0.05, 0.1) is 5.92 Å². The van der Waals surface area contributed by atoms with Crippen LogP contribution >= 0.6 is 0 Å². The summed E-state index contributed by atoms with van der Waals surface area (Å²) in [5.74, 6) is 8.08. The summed E-state index contributed by atoms with van der Waals surface area (Å²) in [6.45, 7) is 10.3. The first-order valence-corrected chi connectivity index (χ1v) is 7.14. The summed E-state index contributed by atoms with van der Waals surface area (Å²) in [4.78, 5) is 12.2. The molecule has 0 bridgehead atoms. The number of rotatable bonds is 4. The van der Waals surface area contributed by atoms with Crippen molar-refractivity contribution in [3.63, 3.8) is 0 Å². The fraction of sp³-hybridized carbons (Fsp3) is 0.611. The lowest BCUT2D eigenvalue weighted by Gasteiger charge is -2.07. The Morgan fingerprint density at radius 2 is 2.10 bits per heavy atom. The summed E-state index contributed by atoms with van der Waals surface area (Å²) >= 11 is 0. The molecule has 0 aliphatic heterocycles. The molecular weight excluding hydrogens is 248 g/mol. The highest BCUT2D eigenvalue weighted by molar-refractivity contribution is 5.79. The molecule has 1 rings (SSSR count). The van der Waals surface area contributed by atoms with Gasteiger partial charge in [0.25, 0.3) is 0 Å². The molecule has 0 spiro atoms. The number of unbranched alkanes of at least 4 members (excludes halogenated alkanes) is 1. The Labute approximate surface area is 123 Å². The average Bonchev–Trinajstić information content (AvgIpc) is 2.88. The predicted molar refractivity (Wildman–Crippen MR) is 81.6 cm³/mol. The minimum atomic E-state index is -0.724. The zero-order chi connectivity index (χ0) is 15.3. The van der Waals surface area contributed by atoms with Gasteiger partial charge in [-0.2, -0.15) is 0 Å². The van der Waals surface area contributed by atoms with Crippen molar-refractivity contribution in [2.24, 2.45) is 17.3 Å². The van der Waals surface area contributed by atoms with Crippen molar-refractivity contribution < 1.29 is 9.53 Å². The fourth-order valence-corrected chi connectivity index (χ4v) is 2.38. The maximum atomic E-state index is 12.2. The standard InChI is InChI=1S/C18H24O2/c1-7-9-10-11-14(8-2)20-17(19)16-15(12-13(3)4)18(16,5)6/h2,12,14-16H,7,9H2,1,3-6H3. The van der Waals surface area contributed by atoms with Crippen molar-refractivity contribution in [2.75, 3.05) is 0 Å². The molecule has 0 saturated heterocycles. The van der Waals surface area contributed by atoms with Gasteiger partial charge in [0.1, 0.15) is 0 Å². The summed E-state index contributed by atoms with van der Waals surface area (Å²) in [6, 6.07) is 0. The van der Waals surface area contributed by atoms with E-state index in [1.807, 2.05) is 20.8 Å². The molecule has 108 valence electrons. The molecule has 1 saturated carbocycles. The second-order valence-corrected chi connectivity index (χ2v) is 6.12. The van der Waals surface area contributed by atoms with Crippen LogP contribution in [0.4, 0.5) is 0 Å². The van der Waals surface area contributed by atoms with Crippen LogP contribution in [0.25, 0.3) is 0 Å². The van der Waals surface area contributed by atoms with Gasteiger partial charge in [0.2, 0.25) is 6.10 Å². The number of carbonyl (C=O) groups excluding carboxylic acids is 1. The Morgan fingerprint density at radius 1 is 1.45 bits per heavy atom. The van der Waals surface area contributed by atoms with E-state index in [1.165, 1.54) is 5.57 Å². The molecule has 1 fully saturated rings. The molecule has 2 nitrogen and oxygen atoms in total. The van der Waals surface area contributed by atoms with Gasteiger partial charge in [0.15, 0.2) is 0 Å². The number of esters is 1. The Bertz CT molecular complexity index is 490. The minimum Gasteiger partial charge on any atom is -0.437 e. The third kappa shape index (κ3) is 3.91. The van der Waals surface area contributed by atoms with Crippen LogP contribution in [0.15, 0.2) is 11.6 Å². The summed E-state index contributed by atoms with van der Waals surface area (Å²) in [5, 5.41) is 0. The molecule has 0 aromatic heterocycles. The zero-order valence-corrected chi connectivity index (χ0v) is 13.1. The Kier molecular flexibility index (Phi) is 5.46. The number of hydrogen-bond donors (Lipinski definition) is 0. The highest BCUT2D eigenvalue weighted by Crippen LogP contribution is 2.59. The first-order valence-electron chi connectivity index (χ1n) is 7.14. The summed E-state index contributed by atoms with van der Waals surface area (Å²) < 4.78 is 5.34. The van der Waals surface area contributed by atoms with E-state index in [-0.39, 0.29) is 23.2 Å². The van der Waals surface area contributed by atoms with Crippen LogP contribution in [0.1, 0.15) is 47.5 Å². The van der Waals surface area contributed by atoms with Crippen molar-refractivity contribution in [1.29, 1.82) is 0 Å². The van der Waals surface area contributed by atoms with E-state index in [0.29, 0.717) is 0 Å². The molecular formula is C18H24O2. The predicted octanol–water partition coefficient (Wildman–Crippen LogP) is 3.57. The van der Waals surface area contributed by atoms with Crippen LogP contribution in [-0.4, -0.2) is 12.1 Å². The van der Waals surface area contributed by atoms with Crippen LogP contribution in [0.5, 0.6) is 0 Å². The first kappa shape index (κ1) is 16.4. The van der Waals surface area contributed by atoms with Crippen molar-refractivity contribution in [3.05, 3.63) is 11.6 Å². The first-order chi connectivity index (χ1) is 9.34. The van der Waals surface area contributed by atoms with E-state index >= 15 is 0 Å². The van der Waals surface area contributed by atoms with Gasteiger partial charge < -0.3 is 4.74 Å².